The van der Waals surface area contributed by atoms with E-state index in [4.69, 9.17) is 14.2 Å². The van der Waals surface area contributed by atoms with E-state index in [2.05, 4.69) is 20.3 Å². The Morgan fingerprint density at radius 1 is 1.08 bits per heavy atom. The molecule has 278 valence electrons. The van der Waals surface area contributed by atoms with Crippen LogP contribution >= 0.6 is 0 Å². The van der Waals surface area contributed by atoms with Gasteiger partial charge in [0.05, 0.1) is 25.5 Å². The van der Waals surface area contributed by atoms with E-state index in [1.807, 2.05) is 42.5 Å². The maximum Gasteiger partial charge on any atom is 0.407 e. The van der Waals surface area contributed by atoms with Crippen LogP contribution in [0.4, 0.5) is 4.79 Å². The zero-order valence-corrected chi connectivity index (χ0v) is 30.0. The Morgan fingerprint density at radius 3 is 2.71 bits per heavy atom. The highest BCUT2D eigenvalue weighted by atomic mass is 32.2. The number of pyridine rings is 1. The number of methoxy groups -OCH3 is 1. The van der Waals surface area contributed by atoms with Crippen LogP contribution in [-0.2, 0) is 29.1 Å². The van der Waals surface area contributed by atoms with E-state index < -0.39 is 68.7 Å². The molecule has 4 amide bonds. The van der Waals surface area contributed by atoms with E-state index >= 15 is 0 Å². The lowest BCUT2D eigenvalue weighted by Crippen LogP contribution is -2.58. The van der Waals surface area contributed by atoms with Crippen LogP contribution in [0.5, 0.6) is 11.6 Å². The zero-order chi connectivity index (χ0) is 36.5. The number of benzene rings is 1. The number of fused-ring (bicyclic) bond motifs is 4. The Morgan fingerprint density at radius 2 is 1.90 bits per heavy atom. The fourth-order valence-corrected chi connectivity index (χ4v) is 8.72. The van der Waals surface area contributed by atoms with Crippen molar-refractivity contribution in [3.05, 3.63) is 48.2 Å². The third-order valence-electron chi connectivity index (χ3n) is 10.5. The monoisotopic (exact) mass is 735 g/mol. The Hall–Kier alpha value is -4.66. The third-order valence-corrected chi connectivity index (χ3v) is 12.4. The number of hydrogen-bond donors (Lipinski definition) is 3. The molecule has 52 heavy (non-hydrogen) atoms. The first-order valence-corrected chi connectivity index (χ1v) is 19.7. The molecule has 5 bridgehead atoms. The number of cyclic esters (lactones) is 1. The predicted molar refractivity (Wildman–Crippen MR) is 191 cm³/mol. The van der Waals surface area contributed by atoms with Gasteiger partial charge in [-0.3, -0.25) is 19.1 Å². The van der Waals surface area contributed by atoms with Crippen molar-refractivity contribution in [2.24, 2.45) is 5.92 Å². The standard InChI is InChI=1S/C37H45N5O9S/c1-49-31-19-23-15-16-38-33-28(23)18-24(31)10-6-5-9-17-50-36(46)39-29-12-8-4-2-3-7-11-25-21-37(25,35(45)41-52(47,48)27-13-14-27)40-32(43)30-20-26(51-33)22-42(30)34(29)44/h6-7,10-11,15-16,18-19,25-27,29-30H,2-5,8-9,12-14,17,20-22H2,1H3,(H,39,46)(H,40,43)(H,41,45)/t25-,26-,29+,30+,37-/m1/s1. The van der Waals surface area contributed by atoms with Gasteiger partial charge in [-0.2, -0.15) is 0 Å². The number of nitrogens with zero attached hydrogens (tertiary/aromatic N) is 2. The van der Waals surface area contributed by atoms with E-state index in [9.17, 15) is 27.6 Å². The zero-order valence-electron chi connectivity index (χ0n) is 29.2. The summed E-state index contributed by atoms with van der Waals surface area (Å²) in [5.41, 5.74) is -0.693. The van der Waals surface area contributed by atoms with E-state index in [0.29, 0.717) is 56.6 Å². The fraction of sp³-hybridized carbons (Fsp3) is 0.541. The van der Waals surface area contributed by atoms with Crippen molar-refractivity contribution in [2.75, 3.05) is 20.3 Å². The molecule has 1 aromatic carbocycles. The summed E-state index contributed by atoms with van der Waals surface area (Å²) >= 11 is 0. The first kappa shape index (κ1) is 35.7. The maximum atomic E-state index is 14.4. The number of nitrogens with one attached hydrogen (secondary N) is 3. The summed E-state index contributed by atoms with van der Waals surface area (Å²) in [6.07, 6.45) is 13.6. The minimum atomic E-state index is -3.88. The van der Waals surface area contributed by atoms with Crippen LogP contribution in [0.2, 0.25) is 0 Å². The van der Waals surface area contributed by atoms with E-state index in [1.54, 1.807) is 13.3 Å². The van der Waals surface area contributed by atoms with Gasteiger partial charge >= 0.3 is 6.09 Å². The summed E-state index contributed by atoms with van der Waals surface area (Å²) < 4.78 is 45.4. The summed E-state index contributed by atoms with van der Waals surface area (Å²) in [5, 5.41) is 6.56. The minimum absolute atomic E-state index is 0.00369. The van der Waals surface area contributed by atoms with Crippen molar-refractivity contribution in [3.63, 3.8) is 0 Å². The van der Waals surface area contributed by atoms with Gasteiger partial charge in [-0.15, -0.1) is 0 Å². The highest BCUT2D eigenvalue weighted by Crippen LogP contribution is 2.46. The number of allylic oxidation sites excluding steroid dienone is 2. The predicted octanol–water partition coefficient (Wildman–Crippen LogP) is 3.50. The van der Waals surface area contributed by atoms with Gasteiger partial charge in [-0.1, -0.05) is 37.1 Å². The minimum Gasteiger partial charge on any atom is -0.496 e. The molecule has 5 atom stereocenters. The normalized spacial score (nSPS) is 28.6. The van der Waals surface area contributed by atoms with Gasteiger partial charge in [0, 0.05) is 29.5 Å². The number of ether oxygens (including phenoxy) is 3. The summed E-state index contributed by atoms with van der Waals surface area (Å²) in [4.78, 5) is 61.3. The molecule has 4 heterocycles. The molecule has 1 aromatic heterocycles. The molecule has 3 aliphatic heterocycles. The molecule has 14 nitrogen and oxygen atoms in total. The molecule has 7 rings (SSSR count). The van der Waals surface area contributed by atoms with Crippen LogP contribution in [0.25, 0.3) is 16.8 Å². The number of amides is 4. The van der Waals surface area contributed by atoms with Crippen molar-refractivity contribution in [2.45, 2.75) is 99.6 Å². The smallest absolute Gasteiger partial charge is 0.407 e. The lowest BCUT2D eigenvalue weighted by molar-refractivity contribution is -0.141. The van der Waals surface area contributed by atoms with Crippen molar-refractivity contribution in [3.8, 4) is 11.6 Å². The molecule has 1 saturated heterocycles. The number of hydrogen-bond acceptors (Lipinski definition) is 10. The van der Waals surface area contributed by atoms with Crippen molar-refractivity contribution in [1.82, 2.24) is 25.2 Å². The molecule has 0 radical (unpaired) electrons. The molecular formula is C37H45N5O9S. The number of rotatable bonds is 4. The summed E-state index contributed by atoms with van der Waals surface area (Å²) in [5.74, 6) is -1.30. The van der Waals surface area contributed by atoms with Gasteiger partial charge in [0.1, 0.15) is 29.5 Å². The number of aromatic nitrogens is 1. The molecule has 3 N–H and O–H groups in total. The molecule has 5 aliphatic rings. The average Bonchev–Trinajstić information content (AvgIpc) is 4.04. The second-order valence-corrected chi connectivity index (χ2v) is 16.3. The first-order valence-electron chi connectivity index (χ1n) is 18.2. The van der Waals surface area contributed by atoms with Gasteiger partial charge < -0.3 is 29.7 Å². The molecule has 2 aliphatic carbocycles. The molecule has 0 unspecified atom stereocenters. The van der Waals surface area contributed by atoms with Crippen LogP contribution in [-0.4, -0.2) is 91.4 Å². The summed E-state index contributed by atoms with van der Waals surface area (Å²) in [6.45, 7) is 0.141. The van der Waals surface area contributed by atoms with Gasteiger partial charge in [-0.05, 0) is 75.0 Å². The van der Waals surface area contributed by atoms with E-state index in [-0.39, 0.29) is 26.0 Å². The quantitative estimate of drug-likeness (QED) is 0.393. The SMILES string of the molecule is COc1cc2ccnc3c2cc1C=CCCCOC(=O)N[C@H]1CCCCCC=C[C@@H]2C[C@@]2(C(=O)NS(=O)(=O)C2CC2)NC(=O)[C@@H]2C[C@H](CN2C1=O)O3. The summed E-state index contributed by atoms with van der Waals surface area (Å²) in [6, 6.07) is 3.60. The molecule has 2 aromatic rings. The average molecular weight is 736 g/mol. The molecule has 3 fully saturated rings. The second kappa shape index (κ2) is 14.8. The maximum absolute atomic E-state index is 14.4. The van der Waals surface area contributed by atoms with Crippen LogP contribution < -0.4 is 24.8 Å². The Bertz CT molecular complexity index is 1910. The number of alkyl carbamates (subject to hydrolysis) is 1. The van der Waals surface area contributed by atoms with Crippen molar-refractivity contribution >= 4 is 50.7 Å². The third kappa shape index (κ3) is 7.59. The molecule has 0 spiro atoms. The first-order chi connectivity index (χ1) is 25.1. The number of carbonyl (C=O) groups is 4. The van der Waals surface area contributed by atoms with Crippen molar-refractivity contribution in [1.29, 1.82) is 0 Å². The molecule has 2 saturated carbocycles. The van der Waals surface area contributed by atoms with Crippen LogP contribution in [0.15, 0.2) is 42.6 Å². The van der Waals surface area contributed by atoms with Gasteiger partial charge in [-0.25, -0.2) is 18.2 Å². The van der Waals surface area contributed by atoms with Gasteiger partial charge in [0.2, 0.25) is 27.7 Å². The van der Waals surface area contributed by atoms with Crippen molar-refractivity contribution < 1.29 is 41.8 Å². The van der Waals surface area contributed by atoms with E-state index in [0.717, 1.165) is 29.2 Å². The fourth-order valence-electron chi connectivity index (χ4n) is 7.36. The lowest BCUT2D eigenvalue weighted by Gasteiger charge is -2.29. The highest BCUT2D eigenvalue weighted by molar-refractivity contribution is 7.91. The summed E-state index contributed by atoms with van der Waals surface area (Å²) in [7, 11) is -2.29. The molecule has 15 heteroatoms. The Balaban J connectivity index is 1.24. The second-order valence-electron chi connectivity index (χ2n) is 14.3. The van der Waals surface area contributed by atoms with Crippen LogP contribution in [0, 0.1) is 5.92 Å². The lowest BCUT2D eigenvalue weighted by atomic mass is 10.0. The Labute approximate surface area is 302 Å². The number of sulfonamides is 1. The van der Waals surface area contributed by atoms with Gasteiger partial charge in [0.25, 0.3) is 5.91 Å². The molecular weight excluding hydrogens is 690 g/mol. The van der Waals surface area contributed by atoms with Gasteiger partial charge in [0.15, 0.2) is 0 Å². The van der Waals surface area contributed by atoms with Crippen LogP contribution in [0.1, 0.15) is 76.2 Å². The topological polar surface area (TPSA) is 182 Å². The highest BCUT2D eigenvalue weighted by Gasteiger charge is 2.62. The van der Waals surface area contributed by atoms with E-state index in [1.165, 1.54) is 4.90 Å². The number of carbonyl (C=O) groups excluding carboxylic acids is 4. The Kier molecular flexibility index (Phi) is 10.1. The largest absolute Gasteiger partial charge is 0.496 e. The van der Waals surface area contributed by atoms with Crippen LogP contribution in [0.3, 0.4) is 0 Å².